The molecular formula is C74H101Cl2N17O14. The molecule has 0 radical (unpaired) electrons. The SMILES string of the molecule is CCNC(=NCCCC[C@@H](NC(=O)[C@H](Cc1ccc(O)cc1)NC(=O)[C@H](CO)NC(=O)[C@@H](Cc1c[nH]c2ccccc12)NC(=O)[C@@H](Cc1ccc(Cl)cc1)NC(=O)[C@@H](Cc1ccc(Cl)cc1)NC(C)=O)C(=O)N[C@@H](CC(C)C)C(=O)N[C@@H](CCCN=C(N)N)C(=O)N1CCC[C@H]1C(=O)N[C@H](C)C(=O)O)NCC. The minimum Gasteiger partial charge on any atom is -0.508 e. The van der Waals surface area contributed by atoms with Gasteiger partial charge in [-0.3, -0.25) is 62.7 Å². The fourth-order valence-corrected chi connectivity index (χ4v) is 12.3. The summed E-state index contributed by atoms with van der Waals surface area (Å²) in [6, 6.07) is 11.8. The molecule has 1 fully saturated rings. The zero-order valence-electron chi connectivity index (χ0n) is 61.0. The van der Waals surface area contributed by atoms with Crippen molar-refractivity contribution < 1.29 is 68.1 Å². The number of nitrogens with zero attached hydrogens (tertiary/aromatic N) is 3. The molecular weight excluding hydrogens is 1420 g/mol. The van der Waals surface area contributed by atoms with E-state index < -0.39 is 132 Å². The Morgan fingerprint density at radius 1 is 0.561 bits per heavy atom. The lowest BCUT2D eigenvalue weighted by Crippen LogP contribution is -2.61. The number of carbonyl (C=O) groups is 11. The molecule has 1 saturated heterocycles. The van der Waals surface area contributed by atoms with Crippen LogP contribution in [0.4, 0.5) is 0 Å². The minimum absolute atomic E-state index is 0.00333. The molecule has 10 atom stereocenters. The average molecular weight is 1520 g/mol. The predicted molar refractivity (Wildman–Crippen MR) is 405 cm³/mol. The van der Waals surface area contributed by atoms with Crippen LogP contribution in [0.3, 0.4) is 0 Å². The van der Waals surface area contributed by atoms with Gasteiger partial charge < -0.3 is 95.2 Å². The fraction of sp³-hybridized carbons (Fsp3) is 0.473. The predicted octanol–water partition coefficient (Wildman–Crippen LogP) is 1.77. The van der Waals surface area contributed by atoms with Crippen LogP contribution in [0.2, 0.25) is 10.0 Å². The van der Waals surface area contributed by atoms with Crippen molar-refractivity contribution in [2.24, 2.45) is 27.4 Å². The van der Waals surface area contributed by atoms with Crippen LogP contribution in [-0.2, 0) is 78.4 Å². The van der Waals surface area contributed by atoms with E-state index in [2.05, 4.69) is 73.5 Å². The van der Waals surface area contributed by atoms with Crippen LogP contribution in [0.15, 0.2) is 113 Å². The van der Waals surface area contributed by atoms with Gasteiger partial charge in [-0.05, 0) is 143 Å². The number of aromatic nitrogens is 1. The third-order valence-corrected chi connectivity index (χ3v) is 18.1. The van der Waals surface area contributed by atoms with Crippen molar-refractivity contribution in [3.63, 3.8) is 0 Å². The Morgan fingerprint density at radius 2 is 1.02 bits per heavy atom. The first-order valence-corrected chi connectivity index (χ1v) is 36.6. The van der Waals surface area contributed by atoms with Crippen molar-refractivity contribution in [1.29, 1.82) is 0 Å². The molecule has 19 N–H and O–H groups in total. The van der Waals surface area contributed by atoms with Gasteiger partial charge >= 0.3 is 5.97 Å². The minimum atomic E-state index is -1.84. The Labute approximate surface area is 631 Å². The normalized spacial score (nSPS) is 15.0. The van der Waals surface area contributed by atoms with Crippen LogP contribution in [-0.4, -0.2) is 202 Å². The van der Waals surface area contributed by atoms with Crippen molar-refractivity contribution in [2.45, 2.75) is 179 Å². The van der Waals surface area contributed by atoms with E-state index in [0.29, 0.717) is 75.1 Å². The second kappa shape index (κ2) is 43.2. The summed E-state index contributed by atoms with van der Waals surface area (Å²) in [5.74, 6) is -9.54. The number of aromatic hydroxyl groups is 1. The summed E-state index contributed by atoms with van der Waals surface area (Å²) in [5.41, 5.74) is 14.0. The van der Waals surface area contributed by atoms with Crippen LogP contribution >= 0.6 is 23.2 Å². The number of halogens is 2. The maximum Gasteiger partial charge on any atom is 0.325 e. The Kier molecular flexibility index (Phi) is 34.5. The highest BCUT2D eigenvalue weighted by molar-refractivity contribution is 6.30. The van der Waals surface area contributed by atoms with E-state index in [1.807, 2.05) is 13.8 Å². The molecule has 0 spiro atoms. The van der Waals surface area contributed by atoms with Crippen molar-refractivity contribution in [1.82, 2.24) is 68.4 Å². The molecule has 33 heteroatoms. The first kappa shape index (κ1) is 85.4. The lowest BCUT2D eigenvalue weighted by molar-refractivity contribution is -0.144. The number of hydrogen-bond acceptors (Lipinski definition) is 15. The van der Waals surface area contributed by atoms with Crippen LogP contribution in [0.25, 0.3) is 10.9 Å². The van der Waals surface area contributed by atoms with Gasteiger partial charge in [-0.15, -0.1) is 0 Å². The van der Waals surface area contributed by atoms with E-state index in [1.54, 1.807) is 92.8 Å². The van der Waals surface area contributed by atoms with Gasteiger partial charge in [-0.1, -0.05) is 91.6 Å². The number of aliphatic imine (C=N–C) groups is 2. The zero-order valence-corrected chi connectivity index (χ0v) is 62.5. The quantitative estimate of drug-likeness (QED) is 0.0151. The molecule has 1 aromatic heterocycles. The van der Waals surface area contributed by atoms with E-state index >= 15 is 14.4 Å². The lowest BCUT2D eigenvalue weighted by atomic mass is 10.00. The summed E-state index contributed by atoms with van der Waals surface area (Å²) in [5, 5.41) is 62.8. The number of amides is 10. The number of nitrogens with one attached hydrogen (secondary N) is 12. The van der Waals surface area contributed by atoms with Crippen molar-refractivity contribution >= 4 is 111 Å². The number of aliphatic hydroxyl groups is 1. The van der Waals surface area contributed by atoms with Gasteiger partial charge in [0.2, 0.25) is 59.1 Å². The molecule has 1 aliphatic rings. The molecule has 4 aromatic carbocycles. The maximum atomic E-state index is 15.1. The van der Waals surface area contributed by atoms with Crippen molar-refractivity contribution in [2.75, 3.05) is 39.3 Å². The number of phenolic OH excluding ortho intramolecular Hbond substituents is 1. The molecule has 107 heavy (non-hydrogen) atoms. The molecule has 0 aliphatic carbocycles. The van der Waals surface area contributed by atoms with Gasteiger partial charge in [0.05, 0.1) is 6.61 Å². The third kappa shape index (κ3) is 28.0. The van der Waals surface area contributed by atoms with E-state index in [4.69, 9.17) is 34.7 Å². The number of likely N-dealkylation sites (tertiary alicyclic amines) is 1. The molecule has 0 unspecified atom stereocenters. The number of aromatic amines is 1. The van der Waals surface area contributed by atoms with Crippen molar-refractivity contribution in [3.8, 4) is 5.75 Å². The van der Waals surface area contributed by atoms with Crippen LogP contribution < -0.4 is 70.0 Å². The third-order valence-electron chi connectivity index (χ3n) is 17.5. The second-order valence-corrected chi connectivity index (χ2v) is 27.5. The van der Waals surface area contributed by atoms with Crippen LogP contribution in [0.1, 0.15) is 115 Å². The molecule has 580 valence electrons. The van der Waals surface area contributed by atoms with Gasteiger partial charge in [-0.25, -0.2) is 0 Å². The van der Waals surface area contributed by atoms with E-state index in [9.17, 15) is 53.7 Å². The van der Waals surface area contributed by atoms with Gasteiger partial charge in [0.25, 0.3) is 0 Å². The first-order valence-electron chi connectivity index (χ1n) is 35.8. The number of benzene rings is 4. The average Bonchev–Trinajstić information content (AvgIpc) is 1.69. The second-order valence-electron chi connectivity index (χ2n) is 26.6. The molecule has 2 heterocycles. The van der Waals surface area contributed by atoms with Gasteiger partial charge in [0.15, 0.2) is 11.9 Å². The highest BCUT2D eigenvalue weighted by Gasteiger charge is 2.40. The Bertz CT molecular complexity index is 3890. The van der Waals surface area contributed by atoms with Crippen molar-refractivity contribution in [3.05, 3.63) is 136 Å². The maximum absolute atomic E-state index is 15.1. The van der Waals surface area contributed by atoms with E-state index in [-0.39, 0.29) is 101 Å². The Balaban J connectivity index is 1.31. The highest BCUT2D eigenvalue weighted by atomic mass is 35.5. The summed E-state index contributed by atoms with van der Waals surface area (Å²) >= 11 is 12.4. The highest BCUT2D eigenvalue weighted by Crippen LogP contribution is 2.23. The van der Waals surface area contributed by atoms with E-state index in [0.717, 1.165) is 0 Å². The number of fused-ring (bicyclic) bond motifs is 1. The Morgan fingerprint density at radius 3 is 1.54 bits per heavy atom. The molecule has 6 rings (SSSR count). The molecule has 0 bridgehead atoms. The zero-order chi connectivity index (χ0) is 78.3. The number of aliphatic hydroxyl groups excluding tert-OH is 1. The smallest absolute Gasteiger partial charge is 0.325 e. The number of hydrogen-bond donors (Lipinski definition) is 17. The molecule has 1 aliphatic heterocycles. The van der Waals surface area contributed by atoms with Crippen LogP contribution in [0, 0.1) is 5.92 Å². The number of aliphatic carboxylic acids is 1. The number of nitrogens with two attached hydrogens (primary N) is 2. The number of carboxylic acids is 1. The topological polar surface area (TPSA) is 477 Å². The number of H-pyrrole nitrogens is 1. The van der Waals surface area contributed by atoms with Gasteiger partial charge in [-0.2, -0.15) is 0 Å². The summed E-state index contributed by atoms with van der Waals surface area (Å²) < 4.78 is 0. The largest absolute Gasteiger partial charge is 0.508 e. The molecule has 5 aromatic rings. The summed E-state index contributed by atoms with van der Waals surface area (Å²) in [6.45, 7) is 10.4. The standard InChI is InChI=1S/C74H101Cl2N17O14/c1-7-79-74(80-8-2)82-32-12-11-17-54(63(97)88-56(35-42(3)4)64(98)87-55(18-13-33-81-73(77)78)71(105)93-34-14-19-62(93)70(104)84-43(5)72(106)107)86-66(100)58(38-47-24-30-51(96)31-25-47)90-69(103)61(41-94)92-68(102)60(39-48-40-83-53-16-10-9-15-52(48)53)91-67(101)59(37-46-22-28-50(76)29-23-46)89-65(99)57(85-44(6)95)36-45-20-26-49(75)27-21-45/h9-10,15-16,20-31,40,42-43,54-62,83,94,96H,7-8,11-14,17-19,32-39,41H2,1-6H3,(H,84,104)(H,85,95)(H,86,100)(H,87,98)(H,88,97)(H,89,99)(H,90,103)(H,91,101)(H,92,102)(H,106,107)(H4,77,78,81)(H2,79,80,82)/t43-,54-,55+,56+,57-,58+,59-,60-,61+,62+/m1/s1. The molecule has 10 amide bonds. The van der Waals surface area contributed by atoms with Crippen LogP contribution in [0.5, 0.6) is 5.75 Å². The first-order chi connectivity index (χ1) is 51.0. The number of phenols is 1. The van der Waals surface area contributed by atoms with E-state index in [1.165, 1.54) is 43.0 Å². The Hall–Kier alpha value is -10.5. The number of unbranched alkanes of at least 4 members (excludes halogenated alkanes) is 1. The van der Waals surface area contributed by atoms with Gasteiger partial charge in [0, 0.05) is 92.5 Å². The molecule has 31 nitrogen and oxygen atoms in total. The number of guanidine groups is 2. The number of carboxylic acid groups (broad SMARTS) is 1. The monoisotopic (exact) mass is 1520 g/mol. The number of para-hydroxylation sites is 1. The molecule has 0 saturated carbocycles. The lowest BCUT2D eigenvalue weighted by Gasteiger charge is -2.31. The summed E-state index contributed by atoms with van der Waals surface area (Å²) in [7, 11) is 0. The summed E-state index contributed by atoms with van der Waals surface area (Å²) in [4.78, 5) is 169. The summed E-state index contributed by atoms with van der Waals surface area (Å²) in [6.07, 6.45) is 2.29. The number of carbonyl (C=O) groups excluding carboxylic acids is 10. The fourth-order valence-electron chi connectivity index (χ4n) is 12.1. The van der Waals surface area contributed by atoms with Gasteiger partial charge in [0.1, 0.15) is 66.2 Å². The number of rotatable bonds is 41.